The van der Waals surface area contributed by atoms with E-state index in [1.165, 1.54) is 23.1 Å². The van der Waals surface area contributed by atoms with Crippen LogP contribution in [0.3, 0.4) is 0 Å². The van der Waals surface area contributed by atoms with Gasteiger partial charge >= 0.3 is 0 Å². The van der Waals surface area contributed by atoms with Gasteiger partial charge in [-0.15, -0.1) is 0 Å². The topological polar surface area (TPSA) is 29.1 Å². The largest absolute Gasteiger partial charge is 0.316 e. The Bertz CT molecular complexity index is 504. The number of rotatable bonds is 4. The molecule has 118 valence electrons. The van der Waals surface area contributed by atoms with Crippen LogP contribution < -0.4 is 5.32 Å². The van der Waals surface area contributed by atoms with Crippen molar-refractivity contribution in [3.63, 3.8) is 0 Å². The number of hydrogen-bond acceptors (Lipinski definition) is 2. The molecule has 1 aromatic carbocycles. The summed E-state index contributed by atoms with van der Waals surface area (Å²) >= 11 is 0. The van der Waals surface area contributed by atoms with E-state index in [0.717, 1.165) is 12.8 Å². The van der Waals surface area contributed by atoms with Crippen LogP contribution in [0, 0.1) is 19.3 Å². The molecular formula is C18H29NOS. The molecule has 0 aliphatic heterocycles. The van der Waals surface area contributed by atoms with E-state index in [4.69, 9.17) is 0 Å². The normalized spacial score (nSPS) is 26.5. The summed E-state index contributed by atoms with van der Waals surface area (Å²) in [5.74, 6) is 0.682. The van der Waals surface area contributed by atoms with Crippen molar-refractivity contribution in [2.75, 3.05) is 7.05 Å². The van der Waals surface area contributed by atoms with Crippen molar-refractivity contribution in [3.05, 3.63) is 34.9 Å². The summed E-state index contributed by atoms with van der Waals surface area (Å²) in [6.07, 6.45) is 3.40. The summed E-state index contributed by atoms with van der Waals surface area (Å²) in [5.41, 5.74) is 4.05. The van der Waals surface area contributed by atoms with E-state index in [0.29, 0.717) is 17.2 Å². The van der Waals surface area contributed by atoms with Crippen LogP contribution in [0.5, 0.6) is 0 Å². The lowest BCUT2D eigenvalue weighted by Gasteiger charge is -2.40. The average molecular weight is 308 g/mol. The lowest BCUT2D eigenvalue weighted by atomic mass is 9.75. The fourth-order valence-electron chi connectivity index (χ4n) is 3.55. The minimum Gasteiger partial charge on any atom is -0.316 e. The molecule has 3 unspecified atom stereocenters. The molecule has 1 N–H and O–H groups in total. The van der Waals surface area contributed by atoms with E-state index in [2.05, 4.69) is 51.2 Å². The Morgan fingerprint density at radius 3 is 2.43 bits per heavy atom. The van der Waals surface area contributed by atoms with Crippen LogP contribution in [-0.4, -0.2) is 22.5 Å². The van der Waals surface area contributed by atoms with Gasteiger partial charge in [0.1, 0.15) is 0 Å². The molecule has 0 saturated heterocycles. The summed E-state index contributed by atoms with van der Waals surface area (Å²) < 4.78 is 12.9. The van der Waals surface area contributed by atoms with Gasteiger partial charge in [-0.2, -0.15) is 0 Å². The summed E-state index contributed by atoms with van der Waals surface area (Å²) in [6.45, 7) is 8.83. The van der Waals surface area contributed by atoms with Crippen LogP contribution in [0.1, 0.15) is 49.8 Å². The molecule has 21 heavy (non-hydrogen) atoms. The molecule has 3 heteroatoms. The molecule has 0 radical (unpaired) electrons. The maximum absolute atomic E-state index is 12.9. The molecule has 0 spiro atoms. The van der Waals surface area contributed by atoms with Gasteiger partial charge in [0.15, 0.2) is 0 Å². The molecule has 0 amide bonds. The summed E-state index contributed by atoms with van der Waals surface area (Å²) in [5, 5.41) is 3.65. The molecule has 1 saturated carbocycles. The van der Waals surface area contributed by atoms with Crippen LogP contribution >= 0.6 is 0 Å². The minimum absolute atomic E-state index is 0.263. The van der Waals surface area contributed by atoms with Gasteiger partial charge in [-0.05, 0) is 51.1 Å². The van der Waals surface area contributed by atoms with E-state index in [1.54, 1.807) is 0 Å². The third-order valence-corrected chi connectivity index (χ3v) is 6.42. The summed E-state index contributed by atoms with van der Waals surface area (Å²) in [7, 11) is 1.19. The quantitative estimate of drug-likeness (QED) is 0.918. The molecule has 0 bridgehead atoms. The van der Waals surface area contributed by atoms with Gasteiger partial charge in [-0.1, -0.05) is 43.2 Å². The Labute approximate surface area is 132 Å². The fourth-order valence-corrected chi connectivity index (χ4v) is 5.54. The highest BCUT2D eigenvalue weighted by Gasteiger charge is 2.37. The van der Waals surface area contributed by atoms with E-state index in [-0.39, 0.29) is 5.25 Å². The molecule has 1 aromatic rings. The maximum atomic E-state index is 12.9. The van der Waals surface area contributed by atoms with E-state index in [1.807, 2.05) is 7.05 Å². The third-order valence-electron chi connectivity index (χ3n) is 4.63. The predicted octanol–water partition coefficient (Wildman–Crippen LogP) is 3.72. The monoisotopic (exact) mass is 307 g/mol. The van der Waals surface area contributed by atoms with Gasteiger partial charge in [0.2, 0.25) is 0 Å². The Kier molecular flexibility index (Phi) is 5.26. The van der Waals surface area contributed by atoms with Crippen LogP contribution in [-0.2, 0) is 16.6 Å². The van der Waals surface area contributed by atoms with Gasteiger partial charge in [0.05, 0.1) is 5.25 Å². The Morgan fingerprint density at radius 1 is 1.24 bits per heavy atom. The van der Waals surface area contributed by atoms with Crippen molar-refractivity contribution in [1.29, 1.82) is 0 Å². The van der Waals surface area contributed by atoms with Crippen molar-refractivity contribution >= 4 is 10.8 Å². The molecule has 2 nitrogen and oxygen atoms in total. The predicted molar refractivity (Wildman–Crippen MR) is 92.0 cm³/mol. The third kappa shape index (κ3) is 4.40. The molecule has 2 rings (SSSR count). The molecule has 1 fully saturated rings. The van der Waals surface area contributed by atoms with Crippen LogP contribution in [0.25, 0.3) is 0 Å². The zero-order valence-electron chi connectivity index (χ0n) is 14.0. The minimum atomic E-state index is -0.813. The van der Waals surface area contributed by atoms with Crippen LogP contribution in [0.15, 0.2) is 18.2 Å². The zero-order chi connectivity index (χ0) is 15.6. The van der Waals surface area contributed by atoms with Gasteiger partial charge in [0.25, 0.3) is 0 Å². The Hall–Kier alpha value is -0.670. The lowest BCUT2D eigenvalue weighted by molar-refractivity contribution is 0.216. The average Bonchev–Trinajstić information content (AvgIpc) is 2.36. The molecule has 3 atom stereocenters. The standard InChI is InChI=1S/C18H29NOS/c1-13-8-14(2)10-15(9-13)12-21(20)17-11-18(3,4)7-6-16(17)19-5/h8-10,16-17,19H,6-7,11-12H2,1-5H3. The van der Waals surface area contributed by atoms with Crippen molar-refractivity contribution in [2.45, 2.75) is 64.0 Å². The summed E-state index contributed by atoms with van der Waals surface area (Å²) in [6, 6.07) is 6.91. The highest BCUT2D eigenvalue weighted by molar-refractivity contribution is 7.84. The second-order valence-corrected chi connectivity index (χ2v) is 9.02. The van der Waals surface area contributed by atoms with Gasteiger partial charge in [-0.25, -0.2) is 0 Å². The van der Waals surface area contributed by atoms with Crippen molar-refractivity contribution < 1.29 is 4.21 Å². The van der Waals surface area contributed by atoms with Crippen molar-refractivity contribution in [3.8, 4) is 0 Å². The first-order chi connectivity index (χ1) is 9.80. The molecule has 0 aromatic heterocycles. The molecular weight excluding hydrogens is 278 g/mol. The van der Waals surface area contributed by atoms with Gasteiger partial charge < -0.3 is 5.32 Å². The smallest absolute Gasteiger partial charge is 0.0509 e. The highest BCUT2D eigenvalue weighted by atomic mass is 32.2. The molecule has 1 aliphatic rings. The van der Waals surface area contributed by atoms with Gasteiger partial charge in [-0.3, -0.25) is 4.21 Å². The maximum Gasteiger partial charge on any atom is 0.0509 e. The highest BCUT2D eigenvalue weighted by Crippen LogP contribution is 2.38. The van der Waals surface area contributed by atoms with Crippen molar-refractivity contribution in [2.24, 2.45) is 5.41 Å². The first-order valence-electron chi connectivity index (χ1n) is 7.92. The molecule has 1 aliphatic carbocycles. The van der Waals surface area contributed by atoms with Crippen molar-refractivity contribution in [1.82, 2.24) is 5.32 Å². The number of benzene rings is 1. The SMILES string of the molecule is CNC1CCC(C)(C)CC1S(=O)Cc1cc(C)cc(C)c1. The fraction of sp³-hybridized carbons (Fsp3) is 0.667. The van der Waals surface area contributed by atoms with E-state index < -0.39 is 10.8 Å². The Balaban J connectivity index is 2.13. The van der Waals surface area contributed by atoms with Crippen LogP contribution in [0.4, 0.5) is 0 Å². The zero-order valence-corrected chi connectivity index (χ0v) is 14.8. The second kappa shape index (κ2) is 6.62. The van der Waals surface area contributed by atoms with Crippen LogP contribution in [0.2, 0.25) is 0 Å². The number of nitrogens with one attached hydrogen (secondary N) is 1. The lowest BCUT2D eigenvalue weighted by Crippen LogP contribution is -2.47. The second-order valence-electron chi connectivity index (χ2n) is 7.36. The summed E-state index contributed by atoms with van der Waals surface area (Å²) in [4.78, 5) is 0. The molecule has 0 heterocycles. The van der Waals surface area contributed by atoms with E-state index in [9.17, 15) is 4.21 Å². The number of hydrogen-bond donors (Lipinski definition) is 1. The first kappa shape index (κ1) is 16.7. The number of aryl methyl sites for hydroxylation is 2. The Morgan fingerprint density at radius 2 is 1.86 bits per heavy atom. The van der Waals surface area contributed by atoms with Gasteiger partial charge in [0, 0.05) is 22.6 Å². The van der Waals surface area contributed by atoms with E-state index >= 15 is 0 Å². The first-order valence-corrected chi connectivity index (χ1v) is 9.30.